The van der Waals surface area contributed by atoms with Gasteiger partial charge in [-0.3, -0.25) is 49.1 Å². The van der Waals surface area contributed by atoms with Crippen molar-refractivity contribution in [3.63, 3.8) is 0 Å². The Morgan fingerprint density at radius 1 is 0.794 bits per heavy atom. The number of ketones is 1. The molecule has 0 radical (unpaired) electrons. The van der Waals surface area contributed by atoms with Crippen molar-refractivity contribution in [1.82, 2.24) is 42.4 Å². The second kappa shape index (κ2) is 50.9. The largest absolute Gasteiger partial charge is 0.492 e. The average molecular weight is 2010 g/mol. The quantitative estimate of drug-likeness (QED) is 0.00864. The summed E-state index contributed by atoms with van der Waals surface area (Å²) in [5.41, 5.74) is 14.3. The lowest BCUT2D eigenvalue weighted by atomic mass is 9.75. The lowest BCUT2D eigenvalue weighted by Crippen LogP contribution is -2.65. The van der Waals surface area contributed by atoms with Gasteiger partial charge in [-0.2, -0.15) is 5.48 Å². The molecule has 0 spiro atoms. The molecule has 4 aliphatic heterocycles. The van der Waals surface area contributed by atoms with Gasteiger partial charge in [0.1, 0.15) is 61.4 Å². The van der Waals surface area contributed by atoms with Crippen molar-refractivity contribution in [3.05, 3.63) is 79.6 Å². The van der Waals surface area contributed by atoms with E-state index >= 15 is 0 Å². The Hall–Kier alpha value is -8.22. The average Bonchev–Trinajstić information content (AvgIpc) is 1.26. The lowest BCUT2D eigenvalue weighted by Gasteiger charge is -2.47. The third-order valence-electron chi connectivity index (χ3n) is 22.2. The number of hydrogen-bond donors (Lipinski definition) is 16. The normalized spacial score (nSPS) is 27.8. The molecule has 4 heterocycles. The van der Waals surface area contributed by atoms with Crippen LogP contribution in [-0.2, 0) is 87.6 Å². The number of hydrazine groups is 1. The Balaban J connectivity index is 1.02. The zero-order valence-corrected chi connectivity index (χ0v) is 80.3. The number of alkyl carbamates (subject to hydrolysis) is 1. The SMILES string of the molecule is CCN(C(=O)OCc1ccc(NC(=O)[C@H](CCCNC(N)=O)NC(=O)[C@@H](NC(=O)[C@H](CCCCN)NC(C)=O)C(C)C)cc1)[C@H]1CO[C@@H](O[C@H]2[C@H](O[C@H]3C#C/C=C\C#C[C@]4(O)CC(=O)C(NC(=O)OC)=C3/C4=C\CSSC(C)(C)CC(=O)NN)O[C@H](C)[C@@H](NO[C@H]3C[C@H](O)[C@H](SC(=O)c4c(C)c(I)c(O[C@@H]5O[C@@H](C)[C@H](O)[C@@H](OC)[C@H]5O)c(OC)c4OC)[C@@H](C)O3)[C@@H]2O)C[C@@H]1OC. The Morgan fingerprint density at radius 3 is 2.11 bits per heavy atom. The maximum Gasteiger partial charge on any atom is 0.411 e. The van der Waals surface area contributed by atoms with Gasteiger partial charge >= 0.3 is 18.2 Å². The number of carbonyl (C=O) groups excluding carboxylic acids is 10. The maximum absolute atomic E-state index is 14.7. The molecule has 0 unspecified atom stereocenters. The van der Waals surface area contributed by atoms with E-state index in [2.05, 4.69) is 66.5 Å². The van der Waals surface area contributed by atoms with Crippen molar-refractivity contribution in [3.8, 4) is 40.9 Å². The molecule has 19 N–H and O–H groups in total. The van der Waals surface area contributed by atoms with Gasteiger partial charge in [-0.05, 0) is 151 Å². The summed E-state index contributed by atoms with van der Waals surface area (Å²) in [6, 6.07) is 0.0803. The third-order valence-corrected chi connectivity index (χ3v) is 28.1. The van der Waals surface area contributed by atoms with Crippen LogP contribution in [0.2, 0.25) is 0 Å². The predicted octanol–water partition coefficient (Wildman–Crippen LogP) is 2.77. The third kappa shape index (κ3) is 29.2. The number of Topliss-reactive ketones (excluding diaryl/α,β-unsaturated/α-hetero) is 1. The van der Waals surface area contributed by atoms with E-state index in [1.807, 2.05) is 36.4 Å². The molecule has 4 fully saturated rings. The highest BCUT2D eigenvalue weighted by Gasteiger charge is 2.53. The van der Waals surface area contributed by atoms with Crippen LogP contribution in [0.1, 0.15) is 142 Å². The first kappa shape index (κ1) is 108. The number of amides is 9. The van der Waals surface area contributed by atoms with Crippen molar-refractivity contribution in [2.24, 2.45) is 23.2 Å². The summed E-state index contributed by atoms with van der Waals surface area (Å²) in [6.45, 7) is 16.4. The monoisotopic (exact) mass is 2010 g/mol. The van der Waals surface area contributed by atoms with Gasteiger partial charge in [0.25, 0.3) is 0 Å². The van der Waals surface area contributed by atoms with E-state index in [1.54, 1.807) is 78.8 Å². The van der Waals surface area contributed by atoms with Crippen molar-refractivity contribution >= 4 is 120 Å². The molecule has 2 aliphatic carbocycles. The van der Waals surface area contributed by atoms with Crippen LogP contribution in [0.4, 0.5) is 20.1 Å². The number of methoxy groups -OCH3 is 5. The first-order valence-corrected chi connectivity index (χ1v) is 46.9. The number of carbonyl (C=O) groups is 10. The summed E-state index contributed by atoms with van der Waals surface area (Å²) < 4.78 is 79.0. The van der Waals surface area contributed by atoms with Gasteiger partial charge in [-0.15, -0.1) is 0 Å². The molecule has 41 nitrogen and oxygen atoms in total. The topological polar surface area (TPSA) is 579 Å². The number of hydrogen-bond acceptors (Lipinski definition) is 35. The number of anilines is 1. The van der Waals surface area contributed by atoms with Crippen LogP contribution in [0, 0.1) is 40.1 Å². The molecule has 0 saturated carbocycles. The maximum atomic E-state index is 14.7. The van der Waals surface area contributed by atoms with E-state index < -0.39 is 215 Å². The van der Waals surface area contributed by atoms with Gasteiger partial charge in [-0.25, -0.2) is 20.2 Å². The van der Waals surface area contributed by atoms with Gasteiger partial charge in [0.05, 0.1) is 97.0 Å². The Morgan fingerprint density at radius 2 is 1.48 bits per heavy atom. The van der Waals surface area contributed by atoms with Crippen LogP contribution in [0.15, 0.2) is 59.3 Å². The molecule has 45 heteroatoms. The minimum Gasteiger partial charge on any atom is -0.492 e. The number of primary amides is 1. The second-order valence-corrected chi connectivity index (χ2v) is 37.9. The minimum absolute atomic E-state index is 0.0197. The summed E-state index contributed by atoms with van der Waals surface area (Å²) in [6.07, 6.45) is -16.6. The standard InChI is InChI=1S/C86H123IN12O29S3/c1-16-99(84(113)121-40-48-27-29-49(30-28-48)93-76(107)52(25-23-34-91-82(89)111)94-78(109)64(42(2)3)95-77(108)51(92-47(8)100)24-20-22-33-88)53-41-120-59(37-57(53)115-11)126-73-68(105)65(44(5)123-81(73)125-56-26-19-17-18-21-32-86(114)38-55(102)66(96-83(112)119-15)62(56)50(86)31-35-129-131-85(9,10)39-58(103)97-90)98-128-60-36-54(101)75(46(7)122-60)130-79(110)61-43(4)63(87)71(74(118-14)70(61)116-12)127-80-69(106)72(117-13)67(104)45(6)124-80/h17-18,27-31,42,44-46,51-54,56-57,59-60,64-65,67-69,72-73,75,80-81,98,101,104-106,114H,16,20,22-25,33-41,88,90H2,1-15H3,(H,92,100)(H,93,107)(H,94,109)(H,95,108)(H,96,112)(H,97,103)(H3,89,91,111)/b18-17-,50-31+/t44-,45+,46-,51+,52+,53+,54+,56+,57+,59+,60+,64+,65-,67+,68+,69-,72-,73-,75-,80+,81+,86+/m1/s1. The number of ether oxygens (including phenoxy) is 13. The molecule has 2 bridgehead atoms. The number of nitrogens with one attached hydrogen (secondary N) is 8. The van der Waals surface area contributed by atoms with Crippen LogP contribution >= 0.6 is 55.9 Å². The fourth-order valence-corrected chi connectivity index (χ4v) is 19.5. The number of hydroxylamine groups is 1. The number of fused-ring (bicyclic) bond motifs is 2. The van der Waals surface area contributed by atoms with Gasteiger partial charge in [0, 0.05) is 80.8 Å². The first-order chi connectivity index (χ1) is 62.2. The molecule has 9 amide bonds. The van der Waals surface area contributed by atoms with Gasteiger partial charge in [0.2, 0.25) is 46.7 Å². The fraction of sp³-hybridized carbons (Fsp3) is 0.628. The number of unbranched alkanes of at least 4 members (excludes halogenated alkanes) is 1. The zero-order chi connectivity index (χ0) is 96.5. The number of likely N-dealkylation sites (N-methyl/N-ethyl adjacent to an activating group) is 1. The fourth-order valence-electron chi connectivity index (χ4n) is 15.4. The van der Waals surface area contributed by atoms with Crippen LogP contribution < -0.4 is 74.3 Å². The number of halogens is 1. The molecule has 2 aromatic rings. The summed E-state index contributed by atoms with van der Waals surface area (Å²) in [4.78, 5) is 142. The predicted molar refractivity (Wildman–Crippen MR) is 487 cm³/mol. The van der Waals surface area contributed by atoms with E-state index in [4.69, 9.17) is 83.7 Å². The van der Waals surface area contributed by atoms with Gasteiger partial charge < -0.3 is 130 Å². The van der Waals surface area contributed by atoms with Gasteiger partial charge in [-0.1, -0.05) is 89.1 Å². The number of nitrogens with two attached hydrogens (primary N) is 3. The number of aliphatic hydroxyl groups excluding tert-OH is 4. The van der Waals surface area contributed by atoms with E-state index in [0.29, 0.717) is 34.1 Å². The molecule has 8 rings (SSSR count). The first-order valence-electron chi connectivity index (χ1n) is 42.6. The Kier molecular flexibility index (Phi) is 42.0. The van der Waals surface area contributed by atoms with E-state index in [-0.39, 0.29) is 110 Å². The Labute approximate surface area is 786 Å². The number of rotatable bonds is 42. The number of thioether (sulfide) groups is 1. The molecule has 726 valence electrons. The van der Waals surface area contributed by atoms with Crippen molar-refractivity contribution in [2.75, 3.05) is 72.9 Å². The summed E-state index contributed by atoms with van der Waals surface area (Å²) in [5.74, 6) is 12.8. The van der Waals surface area contributed by atoms with Crippen LogP contribution in [0.5, 0.6) is 17.2 Å². The number of aliphatic hydroxyl groups is 5. The van der Waals surface area contributed by atoms with Crippen LogP contribution in [0.25, 0.3) is 0 Å². The van der Waals surface area contributed by atoms with E-state index in [1.165, 1.54) is 74.0 Å². The van der Waals surface area contributed by atoms with E-state index in [9.17, 15) is 73.5 Å². The number of allylic oxidation sites excluding steroid dienone is 3. The highest BCUT2D eigenvalue weighted by Crippen LogP contribution is 2.50. The Bertz CT molecular complexity index is 4540. The number of urea groups is 1. The number of benzene rings is 2. The molecule has 6 aliphatic rings. The molecular weight excluding hydrogens is 1890 g/mol. The van der Waals surface area contributed by atoms with Crippen LogP contribution in [0.3, 0.4) is 0 Å². The van der Waals surface area contributed by atoms with Crippen molar-refractivity contribution in [1.29, 1.82) is 0 Å². The minimum atomic E-state index is -2.27. The van der Waals surface area contributed by atoms with Crippen molar-refractivity contribution < 1.29 is 140 Å². The van der Waals surface area contributed by atoms with E-state index in [0.717, 1.165) is 18.9 Å². The van der Waals surface area contributed by atoms with Crippen molar-refractivity contribution in [2.45, 2.75) is 272 Å². The zero-order valence-electron chi connectivity index (χ0n) is 75.7. The molecule has 4 saturated heterocycles. The summed E-state index contributed by atoms with van der Waals surface area (Å²) in [5, 5.41) is 73.9. The highest BCUT2D eigenvalue weighted by atomic mass is 127. The molecule has 2 aromatic carbocycles. The summed E-state index contributed by atoms with van der Waals surface area (Å²) in [7, 11) is 9.08. The molecule has 131 heavy (non-hydrogen) atoms. The van der Waals surface area contributed by atoms with Gasteiger partial charge in [0.15, 0.2) is 41.8 Å². The smallest absolute Gasteiger partial charge is 0.411 e. The highest BCUT2D eigenvalue weighted by molar-refractivity contribution is 14.1. The van der Waals surface area contributed by atoms with Crippen LogP contribution in [-0.4, -0.2) is 295 Å². The summed E-state index contributed by atoms with van der Waals surface area (Å²) >= 11 is 2.74. The second-order valence-electron chi connectivity index (χ2n) is 32.6. The molecule has 22 atom stereocenters. The molecule has 0 aromatic heterocycles. The molecular formula is C86H123IN12O29S3. The lowest BCUT2D eigenvalue weighted by molar-refractivity contribution is -0.337. The number of nitrogens with zero attached hydrogens (tertiary/aromatic N) is 1.